The maximum absolute atomic E-state index is 12.9. The lowest BCUT2D eigenvalue weighted by Crippen LogP contribution is -2.43. The molecule has 0 unspecified atom stereocenters. The second kappa shape index (κ2) is 8.69. The third-order valence-corrected chi connectivity index (χ3v) is 4.88. The number of halogens is 3. The van der Waals surface area contributed by atoms with Crippen molar-refractivity contribution in [3.8, 4) is 0 Å². The van der Waals surface area contributed by atoms with Gasteiger partial charge >= 0.3 is 0 Å². The summed E-state index contributed by atoms with van der Waals surface area (Å²) in [6.07, 6.45) is 1.47. The Morgan fingerprint density at radius 1 is 1.11 bits per heavy atom. The number of likely N-dealkylation sites (tertiary alicyclic amines) is 1. The van der Waals surface area contributed by atoms with E-state index in [2.05, 4.69) is 10.6 Å². The molecule has 2 aromatic rings. The van der Waals surface area contributed by atoms with Gasteiger partial charge in [0.05, 0.1) is 23.3 Å². The zero-order valence-electron chi connectivity index (χ0n) is 14.3. The van der Waals surface area contributed by atoms with Crippen LogP contribution >= 0.6 is 23.2 Å². The monoisotopic (exact) mass is 409 g/mol. The van der Waals surface area contributed by atoms with Crippen molar-refractivity contribution in [2.45, 2.75) is 18.9 Å². The molecule has 1 saturated heterocycles. The van der Waals surface area contributed by atoms with Crippen LogP contribution in [0.3, 0.4) is 0 Å². The first kappa shape index (κ1) is 19.6. The largest absolute Gasteiger partial charge is 0.325 e. The number of carbonyl (C=O) groups excluding carboxylic acids is 2. The van der Waals surface area contributed by atoms with E-state index in [0.29, 0.717) is 34.4 Å². The van der Waals surface area contributed by atoms with Gasteiger partial charge in [-0.05, 0) is 61.9 Å². The molecule has 2 aromatic carbocycles. The van der Waals surface area contributed by atoms with Crippen molar-refractivity contribution in [3.05, 3.63) is 58.3 Å². The molecular weight excluding hydrogens is 392 g/mol. The van der Waals surface area contributed by atoms with Crippen molar-refractivity contribution >= 4 is 46.4 Å². The molecule has 2 N–H and O–H groups in total. The molecule has 1 fully saturated rings. The minimum absolute atomic E-state index is 0.0732. The van der Waals surface area contributed by atoms with Crippen LogP contribution in [0.4, 0.5) is 15.8 Å². The summed E-state index contributed by atoms with van der Waals surface area (Å²) in [5, 5.41) is 6.34. The number of hydrogen-bond donors (Lipinski definition) is 2. The second-order valence-corrected chi connectivity index (χ2v) is 7.14. The lowest BCUT2D eigenvalue weighted by atomic mass is 10.2. The van der Waals surface area contributed by atoms with Crippen LogP contribution in [0.1, 0.15) is 12.8 Å². The number of nitrogens with zero attached hydrogens (tertiary/aromatic N) is 1. The fourth-order valence-corrected chi connectivity index (χ4v) is 3.49. The number of benzene rings is 2. The van der Waals surface area contributed by atoms with Crippen LogP contribution < -0.4 is 10.6 Å². The summed E-state index contributed by atoms with van der Waals surface area (Å²) in [5.74, 6) is -0.845. The Balaban J connectivity index is 1.59. The molecule has 0 radical (unpaired) electrons. The summed E-state index contributed by atoms with van der Waals surface area (Å²) in [4.78, 5) is 26.7. The second-order valence-electron chi connectivity index (χ2n) is 6.30. The quantitative estimate of drug-likeness (QED) is 0.778. The molecule has 0 saturated carbocycles. The van der Waals surface area contributed by atoms with Crippen LogP contribution in [-0.2, 0) is 9.59 Å². The van der Waals surface area contributed by atoms with Crippen molar-refractivity contribution in [3.63, 3.8) is 0 Å². The first-order chi connectivity index (χ1) is 12.9. The topological polar surface area (TPSA) is 61.4 Å². The minimum atomic E-state index is -0.421. The molecular formula is C19H18Cl2FN3O2. The zero-order valence-corrected chi connectivity index (χ0v) is 15.9. The Labute approximate surface area is 166 Å². The van der Waals surface area contributed by atoms with E-state index < -0.39 is 6.04 Å². The molecule has 0 aromatic heterocycles. The van der Waals surface area contributed by atoms with Crippen molar-refractivity contribution in [2.75, 3.05) is 23.7 Å². The maximum atomic E-state index is 12.9. The van der Waals surface area contributed by atoms with Crippen molar-refractivity contribution in [1.82, 2.24) is 4.90 Å². The van der Waals surface area contributed by atoms with Gasteiger partial charge in [-0.15, -0.1) is 0 Å². The first-order valence-corrected chi connectivity index (χ1v) is 9.23. The minimum Gasteiger partial charge on any atom is -0.325 e. The lowest BCUT2D eigenvalue weighted by Gasteiger charge is -2.23. The molecule has 1 aliphatic heterocycles. The van der Waals surface area contributed by atoms with Gasteiger partial charge in [-0.25, -0.2) is 4.39 Å². The molecule has 8 heteroatoms. The smallest absolute Gasteiger partial charge is 0.241 e. The van der Waals surface area contributed by atoms with Gasteiger partial charge in [-0.2, -0.15) is 0 Å². The highest BCUT2D eigenvalue weighted by molar-refractivity contribution is 6.36. The maximum Gasteiger partial charge on any atom is 0.241 e. The summed E-state index contributed by atoms with van der Waals surface area (Å²) in [5.41, 5.74) is 0.989. The number of carbonyl (C=O) groups is 2. The molecule has 0 spiro atoms. The Morgan fingerprint density at radius 2 is 1.85 bits per heavy atom. The van der Waals surface area contributed by atoms with Gasteiger partial charge in [0.15, 0.2) is 0 Å². The van der Waals surface area contributed by atoms with Crippen LogP contribution in [0.25, 0.3) is 0 Å². The summed E-state index contributed by atoms with van der Waals surface area (Å²) < 4.78 is 12.9. The zero-order chi connectivity index (χ0) is 19.4. The van der Waals surface area contributed by atoms with Crippen LogP contribution in [0.2, 0.25) is 10.0 Å². The van der Waals surface area contributed by atoms with E-state index in [0.717, 1.165) is 6.42 Å². The number of nitrogens with one attached hydrogen (secondary N) is 2. The first-order valence-electron chi connectivity index (χ1n) is 8.48. The van der Waals surface area contributed by atoms with Crippen molar-refractivity contribution in [2.24, 2.45) is 0 Å². The van der Waals surface area contributed by atoms with Crippen LogP contribution in [0, 0.1) is 5.82 Å². The van der Waals surface area contributed by atoms with Gasteiger partial charge in [0.1, 0.15) is 5.82 Å². The van der Waals surface area contributed by atoms with Gasteiger partial charge < -0.3 is 10.6 Å². The summed E-state index contributed by atoms with van der Waals surface area (Å²) in [6.45, 7) is 0.715. The summed E-state index contributed by atoms with van der Waals surface area (Å²) >= 11 is 12.0. The van der Waals surface area contributed by atoms with Crippen molar-refractivity contribution in [1.29, 1.82) is 0 Å². The fourth-order valence-electron chi connectivity index (χ4n) is 3.04. The van der Waals surface area contributed by atoms with Crippen LogP contribution in [0.5, 0.6) is 0 Å². The average molecular weight is 410 g/mol. The Bertz CT molecular complexity index is 845. The van der Waals surface area contributed by atoms with Gasteiger partial charge in [0.25, 0.3) is 0 Å². The number of amides is 2. The Kier molecular flexibility index (Phi) is 6.31. The van der Waals surface area contributed by atoms with Gasteiger partial charge in [-0.3, -0.25) is 14.5 Å². The van der Waals surface area contributed by atoms with E-state index >= 15 is 0 Å². The van der Waals surface area contributed by atoms with E-state index in [4.69, 9.17) is 23.2 Å². The third kappa shape index (κ3) is 5.19. The highest BCUT2D eigenvalue weighted by Crippen LogP contribution is 2.27. The molecule has 27 heavy (non-hydrogen) atoms. The average Bonchev–Trinajstić information content (AvgIpc) is 3.07. The normalized spacial score (nSPS) is 16.9. The van der Waals surface area contributed by atoms with Gasteiger partial charge in [0, 0.05) is 10.7 Å². The SMILES string of the molecule is O=C(CN1CCC[C@H]1C(=O)Nc1ccc(Cl)cc1Cl)Nc1ccc(F)cc1. The predicted octanol–water partition coefficient (Wildman–Crippen LogP) is 4.17. The Hall–Kier alpha value is -2.15. The molecule has 1 heterocycles. The van der Waals surface area contributed by atoms with E-state index in [1.54, 1.807) is 18.2 Å². The van der Waals surface area contributed by atoms with Crippen molar-refractivity contribution < 1.29 is 14.0 Å². The van der Waals surface area contributed by atoms with E-state index in [-0.39, 0.29) is 24.2 Å². The molecule has 2 amide bonds. The predicted molar refractivity (Wildman–Crippen MR) is 105 cm³/mol. The van der Waals surface area contributed by atoms with E-state index in [9.17, 15) is 14.0 Å². The number of rotatable bonds is 5. The number of hydrogen-bond acceptors (Lipinski definition) is 3. The molecule has 1 aliphatic rings. The van der Waals surface area contributed by atoms with Gasteiger partial charge in [-0.1, -0.05) is 23.2 Å². The van der Waals surface area contributed by atoms with Crippen LogP contribution in [0.15, 0.2) is 42.5 Å². The number of anilines is 2. The molecule has 0 aliphatic carbocycles. The standard InChI is InChI=1S/C19H18Cl2FN3O2/c20-12-3-8-16(15(21)10-12)24-19(27)17-2-1-9-25(17)11-18(26)23-14-6-4-13(22)5-7-14/h3-8,10,17H,1-2,9,11H2,(H,23,26)(H,24,27)/t17-/m0/s1. The Morgan fingerprint density at radius 3 is 2.56 bits per heavy atom. The van der Waals surface area contributed by atoms with Crippen LogP contribution in [-0.4, -0.2) is 35.8 Å². The molecule has 1 atom stereocenters. The molecule has 142 valence electrons. The molecule has 0 bridgehead atoms. The molecule has 3 rings (SSSR count). The highest BCUT2D eigenvalue weighted by Gasteiger charge is 2.32. The van der Waals surface area contributed by atoms with E-state index in [1.165, 1.54) is 24.3 Å². The highest BCUT2D eigenvalue weighted by atomic mass is 35.5. The van der Waals surface area contributed by atoms with E-state index in [1.807, 2.05) is 4.90 Å². The summed E-state index contributed by atoms with van der Waals surface area (Å²) in [6, 6.07) is 9.95. The fraction of sp³-hybridized carbons (Fsp3) is 0.263. The molecule has 5 nitrogen and oxygen atoms in total. The van der Waals surface area contributed by atoms with Gasteiger partial charge in [0.2, 0.25) is 11.8 Å². The third-order valence-electron chi connectivity index (χ3n) is 4.33. The lowest BCUT2D eigenvalue weighted by molar-refractivity contribution is -0.122. The summed E-state index contributed by atoms with van der Waals surface area (Å²) in [7, 11) is 0.